The van der Waals surface area contributed by atoms with Gasteiger partial charge in [0.05, 0.1) is 11.0 Å². The molecule has 1 saturated carbocycles. The topological polar surface area (TPSA) is 33.1 Å². The van der Waals surface area contributed by atoms with E-state index >= 15 is 0 Å². The second kappa shape index (κ2) is 4.49. The minimum Gasteiger partial charge on any atom is -0.387 e. The third-order valence-corrected chi connectivity index (χ3v) is 4.89. The lowest BCUT2D eigenvalue weighted by Gasteiger charge is -2.30. The highest BCUT2D eigenvalue weighted by molar-refractivity contribution is 7.11. The molecular formula is C12H16F3NOS. The first kappa shape index (κ1) is 13.8. The fourth-order valence-electron chi connectivity index (χ4n) is 2.69. The lowest BCUT2D eigenvalue weighted by molar-refractivity contribution is -0.137. The van der Waals surface area contributed by atoms with Crippen molar-refractivity contribution in [1.29, 1.82) is 0 Å². The van der Waals surface area contributed by atoms with Gasteiger partial charge in [0.25, 0.3) is 0 Å². The molecule has 1 aliphatic carbocycles. The molecule has 1 aliphatic rings. The number of halogens is 3. The van der Waals surface area contributed by atoms with Crippen LogP contribution in [0.15, 0.2) is 6.20 Å². The van der Waals surface area contributed by atoms with E-state index in [0.717, 1.165) is 25.5 Å². The molecule has 0 aromatic carbocycles. The Morgan fingerprint density at radius 2 is 2.17 bits per heavy atom. The van der Waals surface area contributed by atoms with E-state index in [4.69, 9.17) is 0 Å². The fraction of sp³-hybridized carbons (Fsp3) is 0.750. The van der Waals surface area contributed by atoms with Gasteiger partial charge in [-0.3, -0.25) is 0 Å². The van der Waals surface area contributed by atoms with Gasteiger partial charge in [-0.05, 0) is 24.2 Å². The van der Waals surface area contributed by atoms with Crippen molar-refractivity contribution < 1.29 is 18.3 Å². The van der Waals surface area contributed by atoms with Gasteiger partial charge in [-0.15, -0.1) is 11.3 Å². The lowest BCUT2D eigenvalue weighted by atomic mass is 9.78. The van der Waals surface area contributed by atoms with Crippen LogP contribution in [0.2, 0.25) is 0 Å². The number of aliphatic hydroxyl groups excluding tert-OH is 1. The van der Waals surface area contributed by atoms with E-state index in [2.05, 4.69) is 18.8 Å². The largest absolute Gasteiger partial charge is 0.443 e. The van der Waals surface area contributed by atoms with E-state index in [9.17, 15) is 18.3 Å². The van der Waals surface area contributed by atoms with Crippen LogP contribution in [0.25, 0.3) is 0 Å². The number of alkyl halides is 3. The molecule has 1 heterocycles. The van der Waals surface area contributed by atoms with Crippen molar-refractivity contribution >= 4 is 11.3 Å². The lowest BCUT2D eigenvalue weighted by Crippen LogP contribution is -2.23. The molecule has 1 N–H and O–H groups in total. The molecule has 0 spiro atoms. The van der Waals surface area contributed by atoms with Crippen LogP contribution in [0.3, 0.4) is 0 Å². The second-order valence-corrected chi connectivity index (χ2v) is 6.56. The summed E-state index contributed by atoms with van der Waals surface area (Å²) in [6, 6.07) is 0. The first-order valence-corrected chi connectivity index (χ1v) is 6.74. The number of hydrogen-bond acceptors (Lipinski definition) is 3. The van der Waals surface area contributed by atoms with Gasteiger partial charge in [-0.25, -0.2) is 4.98 Å². The van der Waals surface area contributed by atoms with Gasteiger partial charge in [0.15, 0.2) is 5.01 Å². The third-order valence-electron chi connectivity index (χ3n) is 3.78. The Balaban J connectivity index is 2.19. The van der Waals surface area contributed by atoms with E-state index in [1.54, 1.807) is 0 Å². The van der Waals surface area contributed by atoms with Crippen LogP contribution in [0.1, 0.15) is 49.1 Å². The van der Waals surface area contributed by atoms with E-state index in [1.165, 1.54) is 0 Å². The highest BCUT2D eigenvalue weighted by Crippen LogP contribution is 2.49. The average Bonchev–Trinajstić information content (AvgIpc) is 2.81. The summed E-state index contributed by atoms with van der Waals surface area (Å²) >= 11 is 0.549. The second-order valence-electron chi connectivity index (χ2n) is 5.50. The summed E-state index contributed by atoms with van der Waals surface area (Å²) in [5, 5.41) is 9.36. The Labute approximate surface area is 108 Å². The maximum Gasteiger partial charge on any atom is 0.443 e. The summed E-state index contributed by atoms with van der Waals surface area (Å²) in [4.78, 5) is 3.68. The zero-order valence-corrected chi connectivity index (χ0v) is 11.1. The number of nitrogens with zero attached hydrogens (tertiary/aromatic N) is 1. The zero-order chi connectivity index (χ0) is 13.6. The summed E-state index contributed by atoms with van der Waals surface area (Å²) in [5.41, 5.74) is -0.0260. The maximum atomic E-state index is 12.5. The fourth-order valence-corrected chi connectivity index (χ4v) is 3.53. The number of thiazole rings is 1. The molecule has 2 nitrogen and oxygen atoms in total. The van der Waals surface area contributed by atoms with Gasteiger partial charge in [0.1, 0.15) is 0 Å². The molecule has 2 atom stereocenters. The minimum absolute atomic E-state index is 0.0130. The van der Waals surface area contributed by atoms with Crippen molar-refractivity contribution in [2.24, 2.45) is 11.3 Å². The Kier molecular flexibility index (Phi) is 3.44. The van der Waals surface area contributed by atoms with Gasteiger partial charge < -0.3 is 5.11 Å². The third kappa shape index (κ3) is 2.54. The van der Waals surface area contributed by atoms with Gasteiger partial charge in [0.2, 0.25) is 0 Å². The van der Waals surface area contributed by atoms with Crippen molar-refractivity contribution in [3.63, 3.8) is 0 Å². The van der Waals surface area contributed by atoms with Gasteiger partial charge in [0, 0.05) is 6.20 Å². The number of hydrogen-bond donors (Lipinski definition) is 1. The number of aliphatic hydroxyl groups is 1. The van der Waals surface area contributed by atoms with Crippen molar-refractivity contribution in [1.82, 2.24) is 4.98 Å². The molecule has 0 amide bonds. The van der Waals surface area contributed by atoms with Crippen LogP contribution in [-0.2, 0) is 6.18 Å². The summed E-state index contributed by atoms with van der Waals surface area (Å²) in [6.07, 6.45) is -1.23. The molecule has 2 rings (SSSR count). The molecule has 0 bridgehead atoms. The van der Waals surface area contributed by atoms with E-state index in [-0.39, 0.29) is 11.3 Å². The quantitative estimate of drug-likeness (QED) is 0.887. The van der Waals surface area contributed by atoms with Crippen molar-refractivity contribution in [2.75, 3.05) is 0 Å². The van der Waals surface area contributed by atoms with E-state index in [1.807, 2.05) is 0 Å². The van der Waals surface area contributed by atoms with Crippen LogP contribution in [0.5, 0.6) is 0 Å². The van der Waals surface area contributed by atoms with Crippen molar-refractivity contribution in [3.05, 3.63) is 16.1 Å². The summed E-state index contributed by atoms with van der Waals surface area (Å²) in [7, 11) is 0. The summed E-state index contributed by atoms with van der Waals surface area (Å²) < 4.78 is 37.4. The molecule has 18 heavy (non-hydrogen) atoms. The zero-order valence-electron chi connectivity index (χ0n) is 10.3. The Morgan fingerprint density at radius 3 is 2.61 bits per heavy atom. The number of rotatable bonds is 2. The molecule has 1 aromatic rings. The smallest absolute Gasteiger partial charge is 0.387 e. The van der Waals surface area contributed by atoms with Gasteiger partial charge in [-0.2, -0.15) is 13.2 Å². The summed E-state index contributed by atoms with van der Waals surface area (Å²) in [5.74, 6) is 0.0130. The molecule has 0 saturated heterocycles. The molecule has 0 aliphatic heterocycles. The number of aromatic nitrogens is 1. The van der Waals surface area contributed by atoms with Gasteiger partial charge in [-0.1, -0.05) is 20.3 Å². The van der Waals surface area contributed by atoms with Crippen LogP contribution in [-0.4, -0.2) is 10.1 Å². The normalized spacial score (nSPS) is 25.3. The van der Waals surface area contributed by atoms with Crippen LogP contribution in [0, 0.1) is 11.3 Å². The highest BCUT2D eigenvalue weighted by atomic mass is 32.1. The molecule has 0 radical (unpaired) electrons. The maximum absolute atomic E-state index is 12.5. The Hall–Kier alpha value is -0.620. The first-order chi connectivity index (χ1) is 8.22. The standard InChI is InChI=1S/C12H16F3NOS/c1-11(2)5-3-4-7(11)9(17)8-6-16-10(18-8)12(13,14)15/h6-7,9,17H,3-5H2,1-2H3. The van der Waals surface area contributed by atoms with Crippen LogP contribution < -0.4 is 0 Å². The molecule has 2 unspecified atom stereocenters. The Bertz CT molecular complexity index is 427. The first-order valence-electron chi connectivity index (χ1n) is 5.93. The molecule has 6 heteroatoms. The molecular weight excluding hydrogens is 263 g/mol. The molecule has 1 aromatic heterocycles. The average molecular weight is 279 g/mol. The predicted octanol–water partition coefficient (Wildman–Crippen LogP) is 4.02. The van der Waals surface area contributed by atoms with Crippen molar-refractivity contribution in [3.8, 4) is 0 Å². The van der Waals surface area contributed by atoms with Crippen molar-refractivity contribution in [2.45, 2.75) is 45.4 Å². The Morgan fingerprint density at radius 1 is 1.50 bits per heavy atom. The SMILES string of the molecule is CC1(C)CCCC1C(O)c1cnc(C(F)(F)F)s1. The minimum atomic E-state index is -4.42. The van der Waals surface area contributed by atoms with Crippen LogP contribution >= 0.6 is 11.3 Å². The molecule has 102 valence electrons. The molecule has 1 fully saturated rings. The summed E-state index contributed by atoms with van der Waals surface area (Å²) in [6.45, 7) is 4.11. The monoisotopic (exact) mass is 279 g/mol. The van der Waals surface area contributed by atoms with Gasteiger partial charge >= 0.3 is 6.18 Å². The van der Waals surface area contributed by atoms with Crippen LogP contribution in [0.4, 0.5) is 13.2 Å². The predicted molar refractivity (Wildman–Crippen MR) is 63.2 cm³/mol. The van der Waals surface area contributed by atoms with E-state index < -0.39 is 17.3 Å². The van der Waals surface area contributed by atoms with E-state index in [0.29, 0.717) is 16.2 Å². The highest BCUT2D eigenvalue weighted by Gasteiger charge is 2.41.